The molecule has 0 aromatic heterocycles. The predicted octanol–water partition coefficient (Wildman–Crippen LogP) is 0.393. The van der Waals surface area contributed by atoms with E-state index in [1.807, 2.05) is 20.8 Å². The molecule has 0 aromatic carbocycles. The van der Waals surface area contributed by atoms with Crippen molar-refractivity contribution in [2.24, 2.45) is 52.3 Å². The topological polar surface area (TPSA) is 432 Å². The molecule has 100 heavy (non-hydrogen) atoms. The lowest BCUT2D eigenvalue weighted by Gasteiger charge is -2.33. The number of hydrogen-bond acceptors (Lipinski definition) is 28. The summed E-state index contributed by atoms with van der Waals surface area (Å²) in [4.78, 5) is 92.2. The van der Waals surface area contributed by atoms with E-state index in [2.05, 4.69) is 47.6 Å². The molecule has 12 rings (SSSR count). The average molecular weight is 1490 g/mol. The monoisotopic (exact) mass is 1490 g/mol. The molecule has 0 aromatic rings. The van der Waals surface area contributed by atoms with Gasteiger partial charge in [0, 0.05) is 45.5 Å². The molecular formula is C64H92N4O28S4. The largest absolute Gasteiger partial charge is 0.462 e. The molecule has 0 spiro atoms. The van der Waals surface area contributed by atoms with Gasteiger partial charge in [0.05, 0.1) is 71.6 Å². The summed E-state index contributed by atoms with van der Waals surface area (Å²) in [6, 6.07) is 0. The zero-order valence-corrected chi connectivity index (χ0v) is 60.5. The molecule has 4 saturated heterocycles. The van der Waals surface area contributed by atoms with E-state index in [0.29, 0.717) is 41.6 Å². The normalized spacial score (nSPS) is 37.0. The molecule has 560 valence electrons. The average Bonchev–Trinajstić information content (AvgIpc) is 1.57. The molecule has 32 nitrogen and oxygen atoms in total. The maximum absolute atomic E-state index is 12.0. The molecule has 4 heterocycles. The van der Waals surface area contributed by atoms with Gasteiger partial charge in [-0.05, 0) is 109 Å². The number of esters is 4. The Bertz CT molecular complexity index is 3620. The number of ether oxygens (including phenoxy) is 8. The van der Waals surface area contributed by atoms with Gasteiger partial charge in [-0.15, -0.1) is 0 Å². The van der Waals surface area contributed by atoms with Crippen LogP contribution in [0.1, 0.15) is 100 Å². The van der Waals surface area contributed by atoms with Crippen molar-refractivity contribution in [1.82, 2.24) is 21.3 Å². The lowest BCUT2D eigenvalue weighted by atomic mass is 9.82. The van der Waals surface area contributed by atoms with Crippen LogP contribution in [0.2, 0.25) is 0 Å². The van der Waals surface area contributed by atoms with Gasteiger partial charge in [-0.2, -0.15) is 33.7 Å². The van der Waals surface area contributed by atoms with Crippen LogP contribution >= 0.6 is 0 Å². The molecule has 12 fully saturated rings. The van der Waals surface area contributed by atoms with Gasteiger partial charge in [0.1, 0.15) is 76.8 Å². The highest BCUT2D eigenvalue weighted by molar-refractivity contribution is 7.88. The van der Waals surface area contributed by atoms with Crippen LogP contribution in [0.15, 0.2) is 48.6 Å². The number of carbonyl (C=O) groups is 8. The van der Waals surface area contributed by atoms with Gasteiger partial charge in [0.15, 0.2) is 0 Å². The third-order valence-corrected chi connectivity index (χ3v) is 28.8. The lowest BCUT2D eigenvalue weighted by molar-refractivity contribution is -0.158. The van der Waals surface area contributed by atoms with Crippen molar-refractivity contribution in [2.45, 2.75) is 170 Å². The minimum absolute atomic E-state index is 0.0299. The third kappa shape index (κ3) is 16.4. The highest BCUT2D eigenvalue weighted by atomic mass is 32.2. The molecule has 12 aliphatic rings. The Morgan fingerprint density at radius 1 is 0.460 bits per heavy atom. The van der Waals surface area contributed by atoms with Gasteiger partial charge >= 0.3 is 23.9 Å². The van der Waals surface area contributed by atoms with E-state index in [-0.39, 0.29) is 150 Å². The molecule has 0 radical (unpaired) electrons. The van der Waals surface area contributed by atoms with Crippen LogP contribution in [0.3, 0.4) is 0 Å². The van der Waals surface area contributed by atoms with Crippen molar-refractivity contribution in [2.75, 3.05) is 79.0 Å². The summed E-state index contributed by atoms with van der Waals surface area (Å²) >= 11 is 0. The van der Waals surface area contributed by atoms with Crippen LogP contribution in [0.4, 0.5) is 0 Å². The summed E-state index contributed by atoms with van der Waals surface area (Å²) in [6.45, 7) is 27.7. The first-order chi connectivity index (χ1) is 46.7. The fourth-order valence-corrected chi connectivity index (χ4v) is 25.3. The van der Waals surface area contributed by atoms with Gasteiger partial charge in [-0.3, -0.25) is 35.9 Å². The van der Waals surface area contributed by atoms with Crippen molar-refractivity contribution in [1.29, 1.82) is 0 Å². The molecule has 8 saturated carbocycles. The molecule has 36 heteroatoms. The minimum Gasteiger partial charge on any atom is -0.462 e. The second kappa shape index (κ2) is 30.5. The first kappa shape index (κ1) is 78.3. The lowest BCUT2D eigenvalue weighted by Crippen LogP contribution is -2.46. The number of nitrogens with one attached hydrogen (secondary N) is 4. The number of amides is 4. The summed E-state index contributed by atoms with van der Waals surface area (Å²) in [5, 5.41) is 8.42. The third-order valence-electron chi connectivity index (χ3n) is 21.4. The fourth-order valence-electron chi connectivity index (χ4n) is 17.0. The van der Waals surface area contributed by atoms with Crippen LogP contribution in [0.5, 0.6) is 0 Å². The van der Waals surface area contributed by atoms with E-state index in [1.165, 1.54) is 0 Å². The fraction of sp³-hybridized carbons (Fsp3) is 0.750. The molecule has 8 bridgehead atoms. The SMILES string of the molecule is C=C(C)C(=O)NCCOC(=O)COC1C2CC3C(C)(C2)C1OS3(=O)=O.C=C(C)C(=O)NCCOC(=O)COC1C2CC3C(C2)S(=O)(=O)OC31C.C=C(C)C(=O)NCCOC(=O)COC1C2CC3C1OS(=O)(=O)C3C2C.C=C(C)C(=O)NCCOC(=O)COC1C2OS(=O)(=O)C3CC1(C)CC23. The quantitative estimate of drug-likeness (QED) is 0.0271. The van der Waals surface area contributed by atoms with Gasteiger partial charge in [-0.1, -0.05) is 47.1 Å². The smallest absolute Gasteiger partial charge is 0.332 e. The predicted molar refractivity (Wildman–Crippen MR) is 348 cm³/mol. The number of fused-ring (bicyclic) bond motifs is 4. The molecule has 21 atom stereocenters. The Morgan fingerprint density at radius 2 is 0.910 bits per heavy atom. The van der Waals surface area contributed by atoms with Crippen LogP contribution in [-0.4, -0.2) is 230 Å². The molecule has 4 amide bonds. The summed E-state index contributed by atoms with van der Waals surface area (Å²) < 4.78 is 160. The van der Waals surface area contributed by atoms with Crippen molar-refractivity contribution < 1.29 is 127 Å². The van der Waals surface area contributed by atoms with Crippen molar-refractivity contribution in [3.63, 3.8) is 0 Å². The van der Waals surface area contributed by atoms with Gasteiger partial charge < -0.3 is 59.2 Å². The molecule has 4 N–H and O–H groups in total. The highest BCUT2D eigenvalue weighted by Gasteiger charge is 2.74. The van der Waals surface area contributed by atoms with Crippen molar-refractivity contribution >= 4 is 88.0 Å². The Kier molecular flexibility index (Phi) is 23.9. The molecular weight excluding hydrogens is 1400 g/mol. The van der Waals surface area contributed by atoms with E-state index in [0.717, 1.165) is 25.7 Å². The van der Waals surface area contributed by atoms with Crippen molar-refractivity contribution in [3.05, 3.63) is 48.6 Å². The second-order valence-electron chi connectivity index (χ2n) is 28.6. The minimum atomic E-state index is -3.54. The summed E-state index contributed by atoms with van der Waals surface area (Å²) in [5.41, 5.74) is -0.0889. The first-order valence-corrected chi connectivity index (χ1v) is 39.1. The molecule has 4 aliphatic heterocycles. The number of hydrogen-bond donors (Lipinski definition) is 4. The zero-order chi connectivity index (χ0) is 73.6. The maximum Gasteiger partial charge on any atom is 0.332 e. The van der Waals surface area contributed by atoms with E-state index < -0.39 is 139 Å². The van der Waals surface area contributed by atoms with E-state index in [4.69, 9.17) is 54.6 Å². The van der Waals surface area contributed by atoms with E-state index >= 15 is 0 Å². The Balaban J connectivity index is 0.000000156. The Labute approximate surface area is 582 Å². The standard InChI is InChI=1S/4C16H23NO7S/c1-9(2)15(19)17-4-5-22-12(18)8-23-14-13-10-6-16(14,3)7-11(10)25(20,21)24-13;1-9(2)15(19)17-4-5-22-12(18)8-23-13-10-6-11-16(3,7-10)14(13)24-25(11,20)21;1-9(2)15(19)17-4-5-22-13(18)8-23-14-10-6-11-12(7-10)25(20,21)24-16(11,14)3;1-8(2)16(19)17-4-5-22-12(18)7-23-13-10-6-11-14(13)24-25(20,21)15(11)9(10)3/h2*10-11,13-14H,1,4-8H2,2-3H3,(H,17,19);10-12,14H,1,4-8H2,2-3H3,(H,17,19);9-11,13-15H,1,4-7H2,2-3H3,(H,17,19). The van der Waals surface area contributed by atoms with Crippen LogP contribution in [0, 0.1) is 52.3 Å². The zero-order valence-electron chi connectivity index (χ0n) is 57.2. The number of rotatable bonds is 28. The summed E-state index contributed by atoms with van der Waals surface area (Å²) in [6.07, 6.45) is 1.32. The molecule has 21 unspecified atom stereocenters. The van der Waals surface area contributed by atoms with Gasteiger partial charge in [0.2, 0.25) is 23.6 Å². The Morgan fingerprint density at radius 3 is 1.39 bits per heavy atom. The highest BCUT2D eigenvalue weighted by Crippen LogP contribution is 2.65. The van der Waals surface area contributed by atoms with Crippen LogP contribution < -0.4 is 21.3 Å². The van der Waals surface area contributed by atoms with Crippen molar-refractivity contribution in [3.8, 4) is 0 Å². The summed E-state index contributed by atoms with van der Waals surface area (Å²) in [5.74, 6) is -3.36. The first-order valence-electron chi connectivity index (χ1n) is 33.2. The van der Waals surface area contributed by atoms with E-state index in [9.17, 15) is 72.0 Å². The summed E-state index contributed by atoms with van der Waals surface area (Å²) in [7, 11) is -14.1. The maximum atomic E-state index is 12.0. The Hall–Kier alpha value is -5.80. The van der Waals surface area contributed by atoms with E-state index in [1.54, 1.807) is 34.6 Å². The second-order valence-corrected chi connectivity index (χ2v) is 35.7. The van der Waals surface area contributed by atoms with Gasteiger partial charge in [-0.25, -0.2) is 19.2 Å². The number of carbonyl (C=O) groups excluding carboxylic acids is 8. The van der Waals surface area contributed by atoms with Gasteiger partial charge in [0.25, 0.3) is 40.5 Å². The molecule has 8 aliphatic carbocycles. The van der Waals surface area contributed by atoms with Crippen LogP contribution in [0.25, 0.3) is 0 Å². The van der Waals surface area contributed by atoms with Crippen LogP contribution in [-0.2, 0) is 133 Å².